The Bertz CT molecular complexity index is 386. The molecule has 3 unspecified atom stereocenters. The van der Waals surface area contributed by atoms with E-state index < -0.39 is 0 Å². The van der Waals surface area contributed by atoms with Gasteiger partial charge in [-0.2, -0.15) is 0 Å². The summed E-state index contributed by atoms with van der Waals surface area (Å²) in [5.74, 6) is 2.63. The molecule has 25 heavy (non-hydrogen) atoms. The van der Waals surface area contributed by atoms with E-state index in [1.807, 2.05) is 0 Å². The lowest BCUT2D eigenvalue weighted by atomic mass is 9.81. The van der Waals surface area contributed by atoms with E-state index in [0.717, 1.165) is 12.8 Å². The van der Waals surface area contributed by atoms with Gasteiger partial charge in [0.15, 0.2) is 0 Å². The Morgan fingerprint density at radius 1 is 0.800 bits per heavy atom. The Hall–Kier alpha value is 0.180. The van der Waals surface area contributed by atoms with Gasteiger partial charge in [-0.15, -0.1) is 0 Å². The average molecular weight is 338 g/mol. The van der Waals surface area contributed by atoms with Gasteiger partial charge in [0.25, 0.3) is 0 Å². The number of fused-ring (bicyclic) bond motifs is 4. The summed E-state index contributed by atoms with van der Waals surface area (Å²) < 4.78 is 11.6. The molecule has 2 saturated heterocycles. The Labute approximate surface area is 161 Å². The summed E-state index contributed by atoms with van der Waals surface area (Å²) in [7, 11) is 19.7. The first-order chi connectivity index (χ1) is 11.4. The van der Waals surface area contributed by atoms with Crippen molar-refractivity contribution >= 4 is 31.2 Å². The zero-order valence-corrected chi connectivity index (χ0v) is 15.8. The van der Waals surface area contributed by atoms with Gasteiger partial charge in [-0.1, -0.05) is 35.1 Å². The number of hydrogen-bond acceptors (Lipinski definition) is 2. The molecule has 2 saturated carbocycles. The monoisotopic (exact) mass is 338 g/mol. The second-order valence-electron chi connectivity index (χ2n) is 7.98. The molecule has 6 heteroatoms. The molecule has 0 amide bonds. The normalized spacial score (nSPS) is 48.8. The summed E-state index contributed by atoms with van der Waals surface area (Å²) in [6.07, 6.45) is 7.25. The molecule has 8 radical (unpaired) electrons. The minimum Gasteiger partial charge on any atom is -0.381 e. The molecule has 2 heterocycles. The Morgan fingerprint density at radius 3 is 1.24 bits per heavy atom. The van der Waals surface area contributed by atoms with Gasteiger partial charge < -0.3 is 9.47 Å². The number of hydrogen-bond donors (Lipinski definition) is 0. The molecule has 0 N–H and O–H groups in total. The smallest absolute Gasteiger partial charge is 0.109 e. The Kier molecular flexibility index (Phi) is 8.28. The first kappa shape index (κ1) is 23.2. The van der Waals surface area contributed by atoms with Crippen molar-refractivity contribution in [3.05, 3.63) is 0 Å². The van der Waals surface area contributed by atoms with Gasteiger partial charge in [0.2, 0.25) is 0 Å². The van der Waals surface area contributed by atoms with Gasteiger partial charge in [-0.3, -0.25) is 0 Å². The molecule has 2 aliphatic heterocycles. The van der Waals surface area contributed by atoms with E-state index >= 15 is 0 Å². The highest BCUT2D eigenvalue weighted by Gasteiger charge is 2.55. The van der Waals surface area contributed by atoms with Crippen LogP contribution in [-0.2, 0) is 9.47 Å². The maximum atomic E-state index is 5.85. The molecule has 0 aromatic carbocycles. The highest BCUT2D eigenvalue weighted by molar-refractivity contribution is 6.75. The fraction of sp³-hybridized carbons (Fsp3) is 1.00. The molecule has 0 spiro atoms. The summed E-state index contributed by atoms with van der Waals surface area (Å²) in [4.78, 5) is 0. The van der Waals surface area contributed by atoms with Gasteiger partial charge in [-0.05, 0) is 62.2 Å². The Morgan fingerprint density at radius 2 is 1.12 bits per heavy atom. The lowest BCUT2D eigenvalue weighted by molar-refractivity contribution is -0.0491. The van der Waals surface area contributed by atoms with E-state index in [0.29, 0.717) is 23.7 Å². The summed E-state index contributed by atoms with van der Waals surface area (Å²) >= 11 is 0. The quantitative estimate of drug-likeness (QED) is 0.720. The van der Waals surface area contributed by atoms with Crippen molar-refractivity contribution in [1.82, 2.24) is 0 Å². The minimum atomic E-state index is 0. The van der Waals surface area contributed by atoms with Crippen LogP contribution >= 0.6 is 0 Å². The lowest BCUT2D eigenvalue weighted by Crippen LogP contribution is -2.32. The van der Waals surface area contributed by atoms with Crippen LogP contribution in [0.3, 0.4) is 0 Å². The predicted molar refractivity (Wildman–Crippen MR) is 109 cm³/mol. The fourth-order valence-corrected chi connectivity index (χ4v) is 5.67. The van der Waals surface area contributed by atoms with Crippen molar-refractivity contribution < 1.29 is 9.47 Å². The molecule has 4 rings (SSSR count). The molecule has 2 aliphatic carbocycles. The highest BCUT2D eigenvalue weighted by Crippen LogP contribution is 2.53. The van der Waals surface area contributed by atoms with Crippen molar-refractivity contribution in [2.75, 3.05) is 0 Å². The van der Waals surface area contributed by atoms with E-state index in [1.165, 1.54) is 25.7 Å². The maximum Gasteiger partial charge on any atom is 0.109 e. The molecular weight excluding hydrogens is 303 g/mol. The van der Waals surface area contributed by atoms with Crippen molar-refractivity contribution in [3.63, 3.8) is 0 Å². The van der Waals surface area contributed by atoms with Crippen LogP contribution in [0, 0.1) is 23.7 Å². The van der Waals surface area contributed by atoms with Crippen LogP contribution in [0.15, 0.2) is 0 Å². The zero-order valence-electron chi connectivity index (χ0n) is 15.8. The van der Waals surface area contributed by atoms with E-state index in [-0.39, 0.29) is 30.6 Å². The van der Waals surface area contributed by atoms with Gasteiger partial charge in [0.1, 0.15) is 15.7 Å². The van der Waals surface area contributed by atoms with Crippen molar-refractivity contribution in [2.45, 2.75) is 96.9 Å². The van der Waals surface area contributed by atoms with Crippen LogP contribution < -0.4 is 0 Å². The Balaban J connectivity index is 0.000000220. The van der Waals surface area contributed by atoms with Crippen molar-refractivity contribution in [2.24, 2.45) is 23.7 Å². The molecule has 2 nitrogen and oxygen atoms in total. The minimum absolute atomic E-state index is 0. The second-order valence-corrected chi connectivity index (χ2v) is 7.98. The van der Waals surface area contributed by atoms with E-state index in [2.05, 4.69) is 43.2 Å². The zero-order chi connectivity index (χ0) is 18.1. The van der Waals surface area contributed by atoms with Crippen LogP contribution in [0.25, 0.3) is 0 Å². The summed E-state index contributed by atoms with van der Waals surface area (Å²) in [6.45, 7) is 8.98. The van der Waals surface area contributed by atoms with E-state index in [9.17, 15) is 0 Å². The van der Waals surface area contributed by atoms with Crippen LogP contribution in [0.4, 0.5) is 0 Å². The van der Waals surface area contributed by atoms with Crippen LogP contribution in [-0.4, -0.2) is 54.4 Å². The fourth-order valence-electron chi connectivity index (χ4n) is 5.67. The van der Waals surface area contributed by atoms with Crippen molar-refractivity contribution in [1.29, 1.82) is 0 Å². The molecule has 0 aromatic rings. The summed E-state index contributed by atoms with van der Waals surface area (Å²) in [5.41, 5.74) is 0.314. The first-order valence-electron chi connectivity index (χ1n) is 9.59. The van der Waals surface area contributed by atoms with Gasteiger partial charge in [-0.25, -0.2) is 0 Å². The molecule has 0 aromatic heterocycles. The third-order valence-corrected chi connectivity index (χ3v) is 7.53. The molecule has 4 bridgehead atoms. The average Bonchev–Trinajstić information content (AvgIpc) is 3.25. The van der Waals surface area contributed by atoms with Gasteiger partial charge in [0.05, 0.1) is 11.2 Å². The van der Waals surface area contributed by atoms with Crippen LogP contribution in [0.5, 0.6) is 0 Å². The number of ether oxygens (including phenoxy) is 2. The van der Waals surface area contributed by atoms with Crippen LogP contribution in [0.2, 0.25) is 0 Å². The molecular formula is C19H34B4O2. The number of rotatable bonds is 2. The molecule has 4 aliphatic rings. The SMILES string of the molecule is C.[B][B].[B][C@@H]1O[C@@]2(CC)CCC1C2C.[B][C@@H]1O[C@]2(CC)CCC1[C@@H]2C. The first-order valence-corrected chi connectivity index (χ1v) is 9.59. The third-order valence-electron chi connectivity index (χ3n) is 7.53. The lowest BCUT2D eigenvalue weighted by Gasteiger charge is -2.30. The standard InChI is InChI=1S/2C9H15BO.CH4.B2/c2*1-3-9-5-4-7(6(9)2)8(10)11-9;;1-2/h2*6-8H,3-5H2,1-2H3;1H4;/t6?,7?,8-,9+;6-,7?,8+,9+;;/m10../s1. The van der Waals surface area contributed by atoms with Crippen molar-refractivity contribution in [3.8, 4) is 0 Å². The molecule has 8 atom stereocenters. The van der Waals surface area contributed by atoms with Gasteiger partial charge >= 0.3 is 0 Å². The molecule has 134 valence electrons. The third kappa shape index (κ3) is 3.77. The summed E-state index contributed by atoms with van der Waals surface area (Å²) in [6, 6.07) is 0.0531. The van der Waals surface area contributed by atoms with Crippen LogP contribution in [0.1, 0.15) is 73.6 Å². The maximum absolute atomic E-state index is 5.85. The topological polar surface area (TPSA) is 18.5 Å². The van der Waals surface area contributed by atoms with E-state index in [4.69, 9.17) is 25.2 Å². The summed E-state index contributed by atoms with van der Waals surface area (Å²) in [5, 5.41) is 0. The van der Waals surface area contributed by atoms with E-state index in [1.54, 1.807) is 0 Å². The molecule has 4 fully saturated rings. The second kappa shape index (κ2) is 8.91. The predicted octanol–water partition coefficient (Wildman–Crippen LogP) is 3.29. The van der Waals surface area contributed by atoms with Gasteiger partial charge in [0, 0.05) is 27.5 Å². The highest BCUT2D eigenvalue weighted by atomic mass is 16.5. The largest absolute Gasteiger partial charge is 0.381 e.